The summed E-state index contributed by atoms with van der Waals surface area (Å²) in [6.07, 6.45) is 5.11. The average Bonchev–Trinajstić information content (AvgIpc) is 3.31. The van der Waals surface area contributed by atoms with Crippen molar-refractivity contribution in [2.24, 2.45) is 22.7 Å². The molecule has 0 aromatic carbocycles. The molecule has 15 heteroatoms. The summed E-state index contributed by atoms with van der Waals surface area (Å²) in [4.78, 5) is 69.0. The summed E-state index contributed by atoms with van der Waals surface area (Å²) in [7, 11) is -3.86. The molecule has 3 rings (SSSR count). The molecule has 1 aliphatic heterocycles. The van der Waals surface area contributed by atoms with Gasteiger partial charge in [-0.2, -0.15) is 0 Å². The van der Waals surface area contributed by atoms with Gasteiger partial charge in [0.15, 0.2) is 9.84 Å². The number of carbonyl (C=O) groups is 5. The van der Waals surface area contributed by atoms with E-state index in [1.54, 1.807) is 20.8 Å². The van der Waals surface area contributed by atoms with E-state index in [2.05, 4.69) is 33.8 Å². The van der Waals surface area contributed by atoms with E-state index in [0.29, 0.717) is 0 Å². The van der Waals surface area contributed by atoms with Gasteiger partial charge in [0, 0.05) is 32.4 Å². The Bertz CT molecular complexity index is 1550. The highest BCUT2D eigenvalue weighted by Gasteiger charge is 2.70. The predicted molar refractivity (Wildman–Crippen MR) is 189 cm³/mol. The maximum atomic E-state index is 14.4. The number of terminal acetylenes is 1. The first-order valence-electron chi connectivity index (χ1n) is 17.4. The summed E-state index contributed by atoms with van der Waals surface area (Å²) in [5, 5.41) is 10.4. The van der Waals surface area contributed by atoms with E-state index in [1.807, 2.05) is 13.8 Å². The standard InChI is InChI=1S/C36H55F2N5O7S/c1-11-13-14-23(26(44)29(46)39-19-12-2)40-28(45)25-24-22(34(24,9)10)20-43(25)30(47)27(32(3,4)5)41-31(48)42-35(15-17-36(37,38)18-16-35)21-51(49,50)33(6,7)8/h1,12,22-25,27H,2,13-21H2,3-10H3,(H,39,46)(H,40,45)(H2,41,42,48)/t22-,23?,24-,25-,27+/m0/s1. The normalized spacial score (nSPS) is 24.5. The number of ketones is 1. The number of urea groups is 1. The third-order valence-electron chi connectivity index (χ3n) is 10.7. The van der Waals surface area contributed by atoms with Gasteiger partial charge in [-0.25, -0.2) is 22.0 Å². The minimum Gasteiger partial charge on any atom is -0.346 e. The van der Waals surface area contributed by atoms with E-state index < -0.39 is 97.7 Å². The molecule has 5 atom stereocenters. The van der Waals surface area contributed by atoms with Crippen LogP contribution in [-0.2, 0) is 29.0 Å². The van der Waals surface area contributed by atoms with Crippen molar-refractivity contribution in [2.75, 3.05) is 18.8 Å². The molecule has 3 fully saturated rings. The number of Topliss-reactive ketones (excluding diaryl/α,β-unsaturated/α-hetero) is 1. The highest BCUT2D eigenvalue weighted by molar-refractivity contribution is 7.92. The van der Waals surface area contributed by atoms with E-state index in [9.17, 15) is 41.2 Å². The van der Waals surface area contributed by atoms with Crippen molar-refractivity contribution >= 4 is 39.4 Å². The SMILES string of the molecule is C#CCCC(NC(=O)[C@@H]1[C@@H]2[C@H](CN1C(=O)[C@@H](NC(=O)NC1(CS(=O)(=O)C(C)(C)C)CCC(F)(F)CC1)C(C)(C)C)C2(C)C)C(=O)C(=O)NCC=C. The molecule has 51 heavy (non-hydrogen) atoms. The fourth-order valence-electron chi connectivity index (χ4n) is 7.18. The Morgan fingerprint density at radius 1 is 1.02 bits per heavy atom. The molecule has 0 bridgehead atoms. The summed E-state index contributed by atoms with van der Waals surface area (Å²) >= 11 is 0. The molecule has 5 amide bonds. The van der Waals surface area contributed by atoms with Crippen LogP contribution in [0.5, 0.6) is 0 Å². The zero-order chi connectivity index (χ0) is 39.0. The average molecular weight is 740 g/mol. The smallest absolute Gasteiger partial charge is 0.315 e. The number of nitrogens with zero attached hydrogens (tertiary/aromatic N) is 1. The van der Waals surface area contributed by atoms with Crippen LogP contribution >= 0.6 is 0 Å². The molecule has 2 aliphatic carbocycles. The molecule has 2 saturated carbocycles. The van der Waals surface area contributed by atoms with Gasteiger partial charge in [0.2, 0.25) is 23.5 Å². The Morgan fingerprint density at radius 3 is 2.12 bits per heavy atom. The van der Waals surface area contributed by atoms with Gasteiger partial charge in [0.1, 0.15) is 12.1 Å². The predicted octanol–water partition coefficient (Wildman–Crippen LogP) is 3.11. The van der Waals surface area contributed by atoms with Crippen LogP contribution in [0.2, 0.25) is 0 Å². The van der Waals surface area contributed by atoms with Gasteiger partial charge in [0.05, 0.1) is 22.1 Å². The lowest BCUT2D eigenvalue weighted by Crippen LogP contribution is -2.64. The van der Waals surface area contributed by atoms with Gasteiger partial charge < -0.3 is 26.2 Å². The Kier molecular flexibility index (Phi) is 12.2. The minimum absolute atomic E-state index is 0.00824. The molecule has 286 valence electrons. The second kappa shape index (κ2) is 14.8. The number of sulfone groups is 1. The number of nitrogens with one attached hydrogen (secondary N) is 4. The Morgan fingerprint density at radius 2 is 1.61 bits per heavy atom. The zero-order valence-electron chi connectivity index (χ0n) is 31.1. The zero-order valence-corrected chi connectivity index (χ0v) is 31.9. The highest BCUT2D eigenvalue weighted by Crippen LogP contribution is 2.65. The number of piperidine rings is 1. The van der Waals surface area contributed by atoms with E-state index in [4.69, 9.17) is 6.42 Å². The van der Waals surface area contributed by atoms with Crippen LogP contribution in [0.1, 0.15) is 93.9 Å². The molecule has 4 N–H and O–H groups in total. The molecule has 3 aliphatic rings. The first-order chi connectivity index (χ1) is 23.2. The Labute approximate surface area is 301 Å². The number of alkyl halides is 2. The van der Waals surface area contributed by atoms with Crippen LogP contribution in [0.25, 0.3) is 0 Å². The Balaban J connectivity index is 1.89. The fraction of sp³-hybridized carbons (Fsp3) is 0.750. The minimum atomic E-state index is -3.86. The maximum absolute atomic E-state index is 14.4. The van der Waals surface area contributed by atoms with E-state index >= 15 is 0 Å². The van der Waals surface area contributed by atoms with Gasteiger partial charge in [-0.1, -0.05) is 40.7 Å². The summed E-state index contributed by atoms with van der Waals surface area (Å²) in [6.45, 7) is 17.3. The monoisotopic (exact) mass is 739 g/mol. The topological polar surface area (TPSA) is 171 Å². The summed E-state index contributed by atoms with van der Waals surface area (Å²) in [5.74, 6) is -4.51. The number of hydrogen-bond donors (Lipinski definition) is 4. The number of likely N-dealkylation sites (tertiary alicyclic amines) is 1. The third-order valence-corrected chi connectivity index (χ3v) is 13.5. The molecule has 1 saturated heterocycles. The number of fused-ring (bicyclic) bond motifs is 1. The molecule has 1 unspecified atom stereocenters. The molecular weight excluding hydrogens is 684 g/mol. The van der Waals surface area contributed by atoms with Crippen molar-refractivity contribution < 1.29 is 41.2 Å². The second-order valence-electron chi connectivity index (χ2n) is 17.0. The fourth-order valence-corrected chi connectivity index (χ4v) is 8.70. The lowest BCUT2D eigenvalue weighted by Gasteiger charge is -2.43. The first kappa shape index (κ1) is 41.9. The first-order valence-corrected chi connectivity index (χ1v) is 19.0. The molecule has 0 aromatic rings. The lowest BCUT2D eigenvalue weighted by molar-refractivity contribution is -0.145. The highest BCUT2D eigenvalue weighted by atomic mass is 32.2. The number of hydrogen-bond acceptors (Lipinski definition) is 7. The van der Waals surface area contributed by atoms with Crippen molar-refractivity contribution in [3.63, 3.8) is 0 Å². The van der Waals surface area contributed by atoms with Gasteiger partial charge >= 0.3 is 6.03 Å². The van der Waals surface area contributed by atoms with Crippen molar-refractivity contribution in [1.29, 1.82) is 0 Å². The van der Waals surface area contributed by atoms with E-state index in [1.165, 1.54) is 31.7 Å². The van der Waals surface area contributed by atoms with Crippen molar-refractivity contribution in [2.45, 2.75) is 128 Å². The molecule has 1 heterocycles. The molecule has 0 radical (unpaired) electrons. The van der Waals surface area contributed by atoms with E-state index in [0.717, 1.165) is 0 Å². The summed E-state index contributed by atoms with van der Waals surface area (Å²) < 4.78 is 53.8. The number of amides is 5. The van der Waals surface area contributed by atoms with Crippen LogP contribution in [-0.4, -0.2) is 96.0 Å². The maximum Gasteiger partial charge on any atom is 0.315 e. The molecule has 0 aromatic heterocycles. The largest absolute Gasteiger partial charge is 0.346 e. The summed E-state index contributed by atoms with van der Waals surface area (Å²) in [6, 6.07) is -4.40. The number of rotatable bonds is 13. The third kappa shape index (κ3) is 9.47. The van der Waals surface area contributed by atoms with Crippen LogP contribution in [0.4, 0.5) is 13.6 Å². The van der Waals surface area contributed by atoms with Gasteiger partial charge in [-0.3, -0.25) is 19.2 Å². The van der Waals surface area contributed by atoms with Crippen molar-refractivity contribution in [1.82, 2.24) is 26.2 Å². The van der Waals surface area contributed by atoms with Crippen molar-refractivity contribution in [3.8, 4) is 12.3 Å². The van der Waals surface area contributed by atoms with Gasteiger partial charge in [0.25, 0.3) is 5.91 Å². The lowest BCUT2D eigenvalue weighted by atomic mass is 9.81. The quantitative estimate of drug-likeness (QED) is 0.128. The van der Waals surface area contributed by atoms with Crippen LogP contribution < -0.4 is 21.3 Å². The Hall–Kier alpha value is -3.54. The van der Waals surface area contributed by atoms with Crippen LogP contribution in [0.3, 0.4) is 0 Å². The molecular formula is C36H55F2N5O7S. The molecule has 12 nitrogen and oxygen atoms in total. The molecule has 0 spiro atoms. The summed E-state index contributed by atoms with van der Waals surface area (Å²) in [5.41, 5.74) is -2.73. The van der Waals surface area contributed by atoms with Crippen molar-refractivity contribution in [3.05, 3.63) is 12.7 Å². The second-order valence-corrected chi connectivity index (χ2v) is 19.7. The van der Waals surface area contributed by atoms with Crippen LogP contribution in [0, 0.1) is 35.0 Å². The van der Waals surface area contributed by atoms with Gasteiger partial charge in [-0.15, -0.1) is 18.9 Å². The van der Waals surface area contributed by atoms with Gasteiger partial charge in [-0.05, 0) is 62.7 Å². The van der Waals surface area contributed by atoms with E-state index in [-0.39, 0.29) is 56.0 Å². The number of halogens is 2. The number of carbonyl (C=O) groups excluding carboxylic acids is 5. The van der Waals surface area contributed by atoms with Crippen LogP contribution in [0.15, 0.2) is 12.7 Å².